The van der Waals surface area contributed by atoms with E-state index in [9.17, 15) is 13.2 Å². The molecule has 0 bridgehead atoms. The van der Waals surface area contributed by atoms with Gasteiger partial charge in [-0.1, -0.05) is 35.9 Å². The molecular weight excluding hydrogens is 352 g/mol. The van der Waals surface area contributed by atoms with Gasteiger partial charge < -0.3 is 5.32 Å². The van der Waals surface area contributed by atoms with Gasteiger partial charge in [-0.15, -0.1) is 0 Å². The van der Waals surface area contributed by atoms with Crippen molar-refractivity contribution in [1.29, 1.82) is 0 Å². The zero-order chi connectivity index (χ0) is 18.7. The first kappa shape index (κ1) is 17.7. The third-order valence-electron chi connectivity index (χ3n) is 3.73. The Morgan fingerprint density at radius 3 is 2.27 bits per heavy atom. The van der Waals surface area contributed by atoms with Crippen LogP contribution in [-0.4, -0.2) is 24.5 Å². The fourth-order valence-electron chi connectivity index (χ4n) is 2.41. The normalized spacial score (nSPS) is 11.2. The maximum Gasteiger partial charge on any atom is 0.282 e. The van der Waals surface area contributed by atoms with Gasteiger partial charge in [0.05, 0.1) is 0 Å². The standard InChI is InChI=1S/C18H18N4O3S/c1-12-8-10-15(11-9-12)22-26(24,25)18-16(13(2)20-21-18)17(23)19-14-6-4-3-5-7-14/h3-11,22H,1-2H3,(H,19,23)(H,20,21). The number of nitrogens with one attached hydrogen (secondary N) is 3. The number of H-pyrrole nitrogens is 1. The van der Waals surface area contributed by atoms with Gasteiger partial charge in [0, 0.05) is 17.1 Å². The molecule has 1 heterocycles. The molecule has 0 unspecified atom stereocenters. The van der Waals surface area contributed by atoms with Gasteiger partial charge in [-0.05, 0) is 38.1 Å². The summed E-state index contributed by atoms with van der Waals surface area (Å²) in [4.78, 5) is 12.6. The molecule has 0 fully saturated rings. The molecule has 3 rings (SSSR count). The van der Waals surface area contributed by atoms with E-state index in [0.29, 0.717) is 17.1 Å². The van der Waals surface area contributed by atoms with Crippen molar-refractivity contribution >= 4 is 27.3 Å². The van der Waals surface area contributed by atoms with Crippen molar-refractivity contribution in [2.24, 2.45) is 0 Å². The number of rotatable bonds is 5. The number of aromatic nitrogens is 2. The molecule has 0 saturated heterocycles. The van der Waals surface area contributed by atoms with Crippen LogP contribution >= 0.6 is 0 Å². The summed E-state index contributed by atoms with van der Waals surface area (Å²) < 4.78 is 27.9. The lowest BCUT2D eigenvalue weighted by atomic mass is 10.2. The van der Waals surface area contributed by atoms with Gasteiger partial charge in [0.1, 0.15) is 5.56 Å². The number of hydrogen-bond donors (Lipinski definition) is 3. The van der Waals surface area contributed by atoms with Crippen molar-refractivity contribution in [3.63, 3.8) is 0 Å². The van der Waals surface area contributed by atoms with E-state index in [2.05, 4.69) is 20.2 Å². The van der Waals surface area contributed by atoms with Crippen LogP contribution < -0.4 is 10.0 Å². The first-order valence-corrected chi connectivity index (χ1v) is 9.36. The van der Waals surface area contributed by atoms with Gasteiger partial charge in [0.25, 0.3) is 15.9 Å². The summed E-state index contributed by atoms with van der Waals surface area (Å²) in [7, 11) is -4.03. The zero-order valence-electron chi connectivity index (χ0n) is 14.3. The minimum Gasteiger partial charge on any atom is -0.322 e. The molecule has 0 atom stereocenters. The molecule has 8 heteroatoms. The van der Waals surface area contributed by atoms with Crippen molar-refractivity contribution in [3.8, 4) is 0 Å². The fourth-order valence-corrected chi connectivity index (χ4v) is 3.63. The van der Waals surface area contributed by atoms with E-state index in [1.807, 2.05) is 13.0 Å². The summed E-state index contributed by atoms with van der Waals surface area (Å²) >= 11 is 0. The van der Waals surface area contributed by atoms with E-state index < -0.39 is 15.9 Å². The molecule has 0 aliphatic rings. The number of nitrogens with zero attached hydrogens (tertiary/aromatic N) is 1. The number of aromatic amines is 1. The van der Waals surface area contributed by atoms with Crippen molar-refractivity contribution in [2.45, 2.75) is 18.9 Å². The van der Waals surface area contributed by atoms with Gasteiger partial charge in [-0.25, -0.2) is 0 Å². The molecule has 1 aromatic heterocycles. The Morgan fingerprint density at radius 2 is 1.62 bits per heavy atom. The Balaban J connectivity index is 1.91. The molecule has 7 nitrogen and oxygen atoms in total. The number of carbonyl (C=O) groups is 1. The summed E-state index contributed by atoms with van der Waals surface area (Å²) in [5, 5.41) is 8.74. The van der Waals surface area contributed by atoms with Crippen LogP contribution in [0.5, 0.6) is 0 Å². The highest BCUT2D eigenvalue weighted by atomic mass is 32.2. The van der Waals surface area contributed by atoms with Crippen LogP contribution in [0.3, 0.4) is 0 Å². The summed E-state index contributed by atoms with van der Waals surface area (Å²) in [5.74, 6) is -0.549. The Kier molecular flexibility index (Phi) is 4.77. The average molecular weight is 370 g/mol. The summed E-state index contributed by atoms with van der Waals surface area (Å²) in [6, 6.07) is 15.7. The van der Waals surface area contributed by atoms with Crippen molar-refractivity contribution in [1.82, 2.24) is 10.2 Å². The second-order valence-electron chi connectivity index (χ2n) is 5.82. The lowest BCUT2D eigenvalue weighted by Crippen LogP contribution is -2.20. The van der Waals surface area contributed by atoms with Crippen LogP contribution in [0.4, 0.5) is 11.4 Å². The van der Waals surface area contributed by atoms with Gasteiger partial charge in [-0.2, -0.15) is 13.5 Å². The van der Waals surface area contributed by atoms with E-state index in [1.54, 1.807) is 55.5 Å². The highest BCUT2D eigenvalue weighted by Gasteiger charge is 2.28. The van der Waals surface area contributed by atoms with E-state index in [0.717, 1.165) is 5.56 Å². The van der Waals surface area contributed by atoms with Gasteiger partial charge in [0.15, 0.2) is 0 Å². The van der Waals surface area contributed by atoms with Crippen LogP contribution in [0.15, 0.2) is 59.6 Å². The third-order valence-corrected chi connectivity index (χ3v) is 5.04. The van der Waals surface area contributed by atoms with Crippen LogP contribution in [0.2, 0.25) is 0 Å². The van der Waals surface area contributed by atoms with E-state index >= 15 is 0 Å². The Bertz CT molecular complexity index is 1030. The van der Waals surface area contributed by atoms with Gasteiger partial charge >= 0.3 is 0 Å². The second-order valence-corrected chi connectivity index (χ2v) is 7.42. The van der Waals surface area contributed by atoms with Crippen LogP contribution in [-0.2, 0) is 10.0 Å². The van der Waals surface area contributed by atoms with Crippen molar-refractivity contribution < 1.29 is 13.2 Å². The number of carbonyl (C=O) groups excluding carboxylic acids is 1. The molecule has 2 aromatic carbocycles. The maximum atomic E-state index is 12.7. The maximum absolute atomic E-state index is 12.7. The number of aryl methyl sites for hydroxylation is 2. The number of sulfonamides is 1. The van der Waals surface area contributed by atoms with E-state index in [1.165, 1.54) is 0 Å². The highest BCUT2D eigenvalue weighted by Crippen LogP contribution is 2.21. The third kappa shape index (κ3) is 3.75. The number of benzene rings is 2. The Morgan fingerprint density at radius 1 is 0.962 bits per heavy atom. The number of amides is 1. The molecule has 0 radical (unpaired) electrons. The molecular formula is C18H18N4O3S. The number of anilines is 2. The van der Waals surface area contributed by atoms with Crippen molar-refractivity contribution in [2.75, 3.05) is 10.0 Å². The average Bonchev–Trinajstić information content (AvgIpc) is 3.00. The number of hydrogen-bond acceptors (Lipinski definition) is 4. The minimum atomic E-state index is -4.03. The largest absolute Gasteiger partial charge is 0.322 e. The predicted octanol–water partition coefficient (Wildman–Crippen LogP) is 3.08. The van der Waals surface area contributed by atoms with Crippen LogP contribution in [0, 0.1) is 13.8 Å². The second kappa shape index (κ2) is 7.01. The lowest BCUT2D eigenvalue weighted by molar-refractivity contribution is 0.102. The van der Waals surface area contributed by atoms with Gasteiger partial charge in [-0.3, -0.25) is 14.6 Å². The first-order chi connectivity index (χ1) is 12.4. The predicted molar refractivity (Wildman–Crippen MR) is 99.7 cm³/mol. The Labute approximate surface area is 151 Å². The smallest absolute Gasteiger partial charge is 0.282 e. The fraction of sp³-hybridized carbons (Fsp3) is 0.111. The van der Waals surface area contributed by atoms with E-state index in [4.69, 9.17) is 0 Å². The lowest BCUT2D eigenvalue weighted by Gasteiger charge is -2.09. The van der Waals surface area contributed by atoms with Crippen molar-refractivity contribution in [3.05, 3.63) is 71.4 Å². The van der Waals surface area contributed by atoms with E-state index in [-0.39, 0.29) is 10.6 Å². The summed E-state index contributed by atoms with van der Waals surface area (Å²) in [6.07, 6.45) is 0. The molecule has 3 N–H and O–H groups in total. The summed E-state index contributed by atoms with van der Waals surface area (Å²) in [5.41, 5.74) is 2.31. The van der Waals surface area contributed by atoms with Gasteiger partial charge in [0.2, 0.25) is 5.03 Å². The van der Waals surface area contributed by atoms with Crippen LogP contribution in [0.1, 0.15) is 21.6 Å². The first-order valence-electron chi connectivity index (χ1n) is 7.87. The molecule has 26 heavy (non-hydrogen) atoms. The molecule has 0 aliphatic carbocycles. The highest BCUT2D eigenvalue weighted by molar-refractivity contribution is 7.92. The quantitative estimate of drug-likeness (QED) is 0.642. The minimum absolute atomic E-state index is 0.0199. The molecule has 134 valence electrons. The molecule has 0 spiro atoms. The topological polar surface area (TPSA) is 104 Å². The SMILES string of the molecule is Cc1ccc(NS(=O)(=O)c2n[nH]c(C)c2C(=O)Nc2ccccc2)cc1. The summed E-state index contributed by atoms with van der Waals surface area (Å²) in [6.45, 7) is 3.50. The Hall–Kier alpha value is -3.13. The molecule has 0 aliphatic heterocycles. The molecule has 3 aromatic rings. The number of para-hydroxylation sites is 1. The molecule has 1 amide bonds. The molecule has 0 saturated carbocycles. The zero-order valence-corrected chi connectivity index (χ0v) is 15.1. The monoisotopic (exact) mass is 370 g/mol. The van der Waals surface area contributed by atoms with Crippen LogP contribution in [0.25, 0.3) is 0 Å².